The number of carbonyl (C=O) groups excluding carboxylic acids is 2. The maximum atomic E-state index is 13.8. The van der Waals surface area contributed by atoms with Crippen LogP contribution in [0.25, 0.3) is 0 Å². The number of benzene rings is 2. The normalized spacial score (nSPS) is 14.5. The highest BCUT2D eigenvalue weighted by Crippen LogP contribution is 2.22. The molecule has 1 aliphatic heterocycles. The third-order valence-electron chi connectivity index (χ3n) is 4.96. The zero-order valence-corrected chi connectivity index (χ0v) is 16.2. The summed E-state index contributed by atoms with van der Waals surface area (Å²) in [6.45, 7) is 2.98. The maximum Gasteiger partial charge on any atom is 0.309 e. The third kappa shape index (κ3) is 5.31. The number of aryl methyl sites for hydroxylation is 1. The number of likely N-dealkylation sites (tertiary alicyclic amines) is 1. The van der Waals surface area contributed by atoms with E-state index in [-0.39, 0.29) is 30.7 Å². The van der Waals surface area contributed by atoms with Crippen molar-refractivity contribution in [2.45, 2.75) is 19.8 Å². The van der Waals surface area contributed by atoms with E-state index in [9.17, 15) is 18.4 Å². The van der Waals surface area contributed by atoms with Crippen molar-refractivity contribution in [1.82, 2.24) is 4.90 Å². The number of rotatable bonds is 6. The first kappa shape index (κ1) is 20.8. The summed E-state index contributed by atoms with van der Waals surface area (Å²) < 4.78 is 37.7. The Hall–Kier alpha value is -2.96. The third-order valence-corrected chi connectivity index (χ3v) is 4.96. The number of para-hydroxylation sites is 1. The summed E-state index contributed by atoms with van der Waals surface area (Å²) in [5.41, 5.74) is 0.842. The van der Waals surface area contributed by atoms with E-state index in [0.29, 0.717) is 32.0 Å². The topological polar surface area (TPSA) is 55.8 Å². The molecule has 0 radical (unpaired) electrons. The van der Waals surface area contributed by atoms with Crippen molar-refractivity contribution in [2.24, 2.45) is 5.92 Å². The zero-order chi connectivity index (χ0) is 20.8. The van der Waals surface area contributed by atoms with Crippen molar-refractivity contribution < 1.29 is 27.8 Å². The summed E-state index contributed by atoms with van der Waals surface area (Å²) in [6, 6.07) is 10.5. The fraction of sp³-hybridized carbons (Fsp3) is 0.364. The largest absolute Gasteiger partial charge is 0.490 e. The van der Waals surface area contributed by atoms with Gasteiger partial charge in [-0.1, -0.05) is 18.2 Å². The number of ether oxygens (including phenoxy) is 2. The van der Waals surface area contributed by atoms with Gasteiger partial charge in [-0.3, -0.25) is 9.59 Å². The van der Waals surface area contributed by atoms with Gasteiger partial charge in [-0.25, -0.2) is 8.78 Å². The average Bonchev–Trinajstić information content (AvgIpc) is 2.72. The minimum Gasteiger partial charge on any atom is -0.490 e. The summed E-state index contributed by atoms with van der Waals surface area (Å²) in [7, 11) is 0. The van der Waals surface area contributed by atoms with Gasteiger partial charge in [0.15, 0.2) is 0 Å². The molecule has 0 aliphatic carbocycles. The van der Waals surface area contributed by atoms with Crippen LogP contribution >= 0.6 is 0 Å². The molecule has 5 nitrogen and oxygen atoms in total. The van der Waals surface area contributed by atoms with E-state index in [0.717, 1.165) is 23.4 Å². The molecule has 0 spiro atoms. The van der Waals surface area contributed by atoms with E-state index < -0.39 is 17.5 Å². The first-order valence-electron chi connectivity index (χ1n) is 9.55. The molecule has 154 valence electrons. The maximum absolute atomic E-state index is 13.8. The molecule has 0 N–H and O–H groups in total. The van der Waals surface area contributed by atoms with Crippen molar-refractivity contribution >= 4 is 11.9 Å². The summed E-state index contributed by atoms with van der Waals surface area (Å²) >= 11 is 0. The van der Waals surface area contributed by atoms with Gasteiger partial charge in [-0.05, 0) is 43.5 Å². The number of hydrogen-bond donors (Lipinski definition) is 0. The van der Waals surface area contributed by atoms with E-state index in [1.807, 2.05) is 31.2 Å². The van der Waals surface area contributed by atoms with E-state index in [4.69, 9.17) is 9.47 Å². The van der Waals surface area contributed by atoms with Gasteiger partial charge in [0.1, 0.15) is 30.6 Å². The molecule has 1 aliphatic rings. The Kier molecular flexibility index (Phi) is 6.80. The first-order valence-corrected chi connectivity index (χ1v) is 9.55. The number of amides is 1. The predicted octanol–water partition coefficient (Wildman–Crippen LogP) is 3.75. The molecule has 0 aromatic heterocycles. The standard InChI is InChI=1S/C22H23F2NO4/c1-15-4-2-3-5-20(15)28-12-13-29-22(27)16-8-10-25(11-9-16)21(26)18-7-6-17(23)14-19(18)24/h2-7,14,16H,8-13H2,1H3. The van der Waals surface area contributed by atoms with Crippen LogP contribution in [-0.2, 0) is 9.53 Å². The molecule has 1 amide bonds. The zero-order valence-electron chi connectivity index (χ0n) is 16.2. The van der Waals surface area contributed by atoms with Gasteiger partial charge in [0.2, 0.25) is 0 Å². The number of nitrogens with zero attached hydrogens (tertiary/aromatic N) is 1. The Labute approximate surface area is 168 Å². The molecular formula is C22H23F2NO4. The molecule has 0 unspecified atom stereocenters. The minimum absolute atomic E-state index is 0.146. The predicted molar refractivity (Wildman–Crippen MR) is 103 cm³/mol. The average molecular weight is 403 g/mol. The fourth-order valence-corrected chi connectivity index (χ4v) is 3.28. The van der Waals surface area contributed by atoms with Gasteiger partial charge < -0.3 is 14.4 Å². The van der Waals surface area contributed by atoms with Crippen LogP contribution < -0.4 is 4.74 Å². The van der Waals surface area contributed by atoms with E-state index in [1.165, 1.54) is 4.90 Å². The summed E-state index contributed by atoms with van der Waals surface area (Å²) in [6.07, 6.45) is 0.873. The smallest absolute Gasteiger partial charge is 0.309 e. The van der Waals surface area contributed by atoms with Crippen LogP contribution in [0.1, 0.15) is 28.8 Å². The van der Waals surface area contributed by atoms with Crippen LogP contribution in [0.5, 0.6) is 5.75 Å². The summed E-state index contributed by atoms with van der Waals surface area (Å²) in [5.74, 6) is -1.99. The molecule has 1 heterocycles. The van der Waals surface area contributed by atoms with Gasteiger partial charge in [0.05, 0.1) is 11.5 Å². The number of piperidine rings is 1. The minimum atomic E-state index is -0.884. The highest BCUT2D eigenvalue weighted by Gasteiger charge is 2.29. The second-order valence-corrected chi connectivity index (χ2v) is 6.97. The van der Waals surface area contributed by atoms with Crippen molar-refractivity contribution in [2.75, 3.05) is 26.3 Å². The fourth-order valence-electron chi connectivity index (χ4n) is 3.28. The van der Waals surface area contributed by atoms with Gasteiger partial charge in [0.25, 0.3) is 5.91 Å². The van der Waals surface area contributed by atoms with E-state index >= 15 is 0 Å². The molecule has 0 saturated carbocycles. The number of halogens is 2. The Morgan fingerprint density at radius 2 is 1.79 bits per heavy atom. The second kappa shape index (κ2) is 9.49. The summed E-state index contributed by atoms with van der Waals surface area (Å²) in [5, 5.41) is 0. The molecule has 29 heavy (non-hydrogen) atoms. The van der Waals surface area contributed by atoms with Crippen LogP contribution in [0.3, 0.4) is 0 Å². The molecule has 1 saturated heterocycles. The number of carbonyl (C=O) groups is 2. The monoisotopic (exact) mass is 403 g/mol. The molecule has 0 bridgehead atoms. The molecule has 2 aromatic rings. The lowest BCUT2D eigenvalue weighted by Crippen LogP contribution is -2.41. The Balaban J connectivity index is 1.42. The Morgan fingerprint density at radius 1 is 1.07 bits per heavy atom. The van der Waals surface area contributed by atoms with Gasteiger partial charge in [-0.2, -0.15) is 0 Å². The van der Waals surface area contributed by atoms with Crippen molar-refractivity contribution in [1.29, 1.82) is 0 Å². The van der Waals surface area contributed by atoms with Gasteiger partial charge in [0, 0.05) is 19.2 Å². The highest BCUT2D eigenvalue weighted by atomic mass is 19.1. The van der Waals surface area contributed by atoms with Gasteiger partial charge >= 0.3 is 5.97 Å². The molecular weight excluding hydrogens is 380 g/mol. The highest BCUT2D eigenvalue weighted by molar-refractivity contribution is 5.94. The van der Waals surface area contributed by atoms with Crippen LogP contribution in [0.2, 0.25) is 0 Å². The molecule has 7 heteroatoms. The Morgan fingerprint density at radius 3 is 2.48 bits per heavy atom. The number of esters is 1. The SMILES string of the molecule is Cc1ccccc1OCCOC(=O)C1CCN(C(=O)c2ccc(F)cc2F)CC1. The van der Waals surface area contributed by atoms with Crippen LogP contribution in [0.4, 0.5) is 8.78 Å². The van der Waals surface area contributed by atoms with Crippen molar-refractivity contribution in [3.8, 4) is 5.75 Å². The van der Waals surface area contributed by atoms with Crippen LogP contribution in [0, 0.1) is 24.5 Å². The first-order chi connectivity index (χ1) is 14.0. The van der Waals surface area contributed by atoms with Crippen molar-refractivity contribution in [3.63, 3.8) is 0 Å². The van der Waals surface area contributed by atoms with E-state index in [2.05, 4.69) is 0 Å². The van der Waals surface area contributed by atoms with Gasteiger partial charge in [-0.15, -0.1) is 0 Å². The molecule has 1 fully saturated rings. The summed E-state index contributed by atoms with van der Waals surface area (Å²) in [4.78, 5) is 26.1. The lowest BCUT2D eigenvalue weighted by Gasteiger charge is -2.31. The second-order valence-electron chi connectivity index (χ2n) is 6.97. The molecule has 0 atom stereocenters. The Bertz CT molecular complexity index is 879. The van der Waals surface area contributed by atoms with Crippen LogP contribution in [0.15, 0.2) is 42.5 Å². The number of hydrogen-bond acceptors (Lipinski definition) is 4. The lowest BCUT2D eigenvalue weighted by molar-refractivity contribution is -0.150. The van der Waals surface area contributed by atoms with Crippen molar-refractivity contribution in [3.05, 3.63) is 65.2 Å². The van der Waals surface area contributed by atoms with E-state index in [1.54, 1.807) is 0 Å². The lowest BCUT2D eigenvalue weighted by atomic mass is 9.96. The molecule has 2 aromatic carbocycles. The quantitative estimate of drug-likeness (QED) is 0.545. The molecule has 3 rings (SSSR count). The van der Waals surface area contributed by atoms with Crippen LogP contribution in [-0.4, -0.2) is 43.1 Å².